The molecule has 0 saturated heterocycles. The van der Waals surface area contributed by atoms with Crippen LogP contribution in [0.4, 0.5) is 0 Å². The Bertz CT molecular complexity index is 2680. The predicted molar refractivity (Wildman–Crippen MR) is 208 cm³/mol. The minimum absolute atomic E-state index is 0.376. The number of benzene rings is 6. The van der Waals surface area contributed by atoms with Gasteiger partial charge < -0.3 is 4.42 Å². The first-order valence-electron chi connectivity index (χ1n) is 18.0. The monoisotopic (exact) mass is 657 g/mol. The summed E-state index contributed by atoms with van der Waals surface area (Å²) in [7, 11) is 0. The van der Waals surface area contributed by atoms with Crippen LogP contribution >= 0.6 is 0 Å². The van der Waals surface area contributed by atoms with Crippen molar-refractivity contribution in [3.8, 4) is 33.9 Å². The molecule has 2 aliphatic carbocycles. The third kappa shape index (κ3) is 5.35. The van der Waals surface area contributed by atoms with Crippen molar-refractivity contribution in [1.29, 1.82) is 0 Å². The number of fused-ring (bicyclic) bond motifs is 5. The standard InChI is InChI=1S/C47H35N3O/c1-2-11-32(12-3-1)45-48-46(33-22-20-31(21-23-33)39-16-8-13-30-10-4-5-14-38(30)39)50-47(49-45)37-27-25-34-28-36(26-24-35(34)29-37)40-17-9-19-43-44(40)41-15-6-7-18-42(41)51-43/h1-3,6-9,11-13,15-20,22-29,31H,4-5,10,14,21H2. The Morgan fingerprint density at radius 1 is 0.569 bits per heavy atom. The zero-order valence-electron chi connectivity index (χ0n) is 28.2. The van der Waals surface area contributed by atoms with E-state index in [1.54, 1.807) is 5.56 Å². The molecule has 0 radical (unpaired) electrons. The molecule has 1 atom stereocenters. The molecule has 0 bridgehead atoms. The Kier molecular flexibility index (Phi) is 7.19. The summed E-state index contributed by atoms with van der Waals surface area (Å²) >= 11 is 0. The molecular formula is C47H35N3O. The van der Waals surface area contributed by atoms with Crippen LogP contribution in [0.1, 0.15) is 47.7 Å². The van der Waals surface area contributed by atoms with Gasteiger partial charge in [-0.3, -0.25) is 0 Å². The Morgan fingerprint density at radius 3 is 2.16 bits per heavy atom. The van der Waals surface area contributed by atoms with Gasteiger partial charge in [-0.2, -0.15) is 0 Å². The van der Waals surface area contributed by atoms with Crippen LogP contribution in [0.15, 0.2) is 150 Å². The number of hydrogen-bond acceptors (Lipinski definition) is 4. The number of allylic oxidation sites excluding steroid dienone is 4. The number of hydrogen-bond donors (Lipinski definition) is 0. The molecule has 2 aromatic heterocycles. The van der Waals surface area contributed by atoms with Crippen molar-refractivity contribution in [2.24, 2.45) is 0 Å². The van der Waals surface area contributed by atoms with Gasteiger partial charge in [-0.15, -0.1) is 0 Å². The Labute approximate surface area is 296 Å². The first kappa shape index (κ1) is 29.8. The molecule has 4 heteroatoms. The third-order valence-electron chi connectivity index (χ3n) is 10.7. The van der Waals surface area contributed by atoms with Gasteiger partial charge in [0.1, 0.15) is 11.2 Å². The average Bonchev–Trinajstić information content (AvgIpc) is 3.60. The number of rotatable bonds is 5. The normalized spacial score (nSPS) is 15.7. The van der Waals surface area contributed by atoms with Crippen molar-refractivity contribution in [3.63, 3.8) is 0 Å². The molecule has 10 rings (SSSR count). The van der Waals surface area contributed by atoms with E-state index in [-0.39, 0.29) is 0 Å². The Hall–Kier alpha value is -6.13. The average molecular weight is 658 g/mol. The number of para-hydroxylation sites is 1. The maximum atomic E-state index is 6.18. The summed E-state index contributed by atoms with van der Waals surface area (Å²) in [5.74, 6) is 2.44. The van der Waals surface area contributed by atoms with Crippen molar-refractivity contribution in [3.05, 3.63) is 168 Å². The van der Waals surface area contributed by atoms with Crippen LogP contribution in [0.5, 0.6) is 0 Å². The summed E-state index contributed by atoms with van der Waals surface area (Å²) < 4.78 is 6.18. The molecule has 0 aliphatic heterocycles. The largest absolute Gasteiger partial charge is 0.456 e. The quantitative estimate of drug-likeness (QED) is 0.185. The molecule has 4 nitrogen and oxygen atoms in total. The number of furan rings is 1. The minimum Gasteiger partial charge on any atom is -0.456 e. The molecule has 6 aromatic carbocycles. The van der Waals surface area contributed by atoms with E-state index in [1.165, 1.54) is 42.4 Å². The van der Waals surface area contributed by atoms with Gasteiger partial charge in [0.25, 0.3) is 0 Å². The van der Waals surface area contributed by atoms with Gasteiger partial charge >= 0.3 is 0 Å². The summed E-state index contributed by atoms with van der Waals surface area (Å²) in [4.78, 5) is 15.1. The molecule has 0 amide bonds. The number of nitrogens with zero attached hydrogens (tertiary/aromatic N) is 3. The highest BCUT2D eigenvalue weighted by molar-refractivity contribution is 6.12. The van der Waals surface area contributed by atoms with Gasteiger partial charge in [0.05, 0.1) is 0 Å². The lowest BCUT2D eigenvalue weighted by Gasteiger charge is -2.24. The summed E-state index contributed by atoms with van der Waals surface area (Å²) in [6, 6.07) is 44.8. The second kappa shape index (κ2) is 12.3. The first-order valence-corrected chi connectivity index (χ1v) is 18.0. The van der Waals surface area contributed by atoms with Gasteiger partial charge in [-0.25, -0.2) is 15.0 Å². The molecular weight excluding hydrogens is 623 g/mol. The molecule has 2 heterocycles. The van der Waals surface area contributed by atoms with E-state index in [4.69, 9.17) is 19.4 Å². The Morgan fingerprint density at radius 2 is 1.29 bits per heavy atom. The topological polar surface area (TPSA) is 51.8 Å². The van der Waals surface area contributed by atoms with Crippen molar-refractivity contribution in [2.75, 3.05) is 0 Å². The highest BCUT2D eigenvalue weighted by atomic mass is 16.3. The smallest absolute Gasteiger partial charge is 0.164 e. The van der Waals surface area contributed by atoms with E-state index < -0.39 is 0 Å². The first-order chi connectivity index (χ1) is 25.2. The van der Waals surface area contributed by atoms with E-state index in [9.17, 15) is 0 Å². The van der Waals surface area contributed by atoms with Gasteiger partial charge in [-0.1, -0.05) is 121 Å². The summed E-state index contributed by atoms with van der Waals surface area (Å²) in [6.07, 6.45) is 12.8. The van der Waals surface area contributed by atoms with Gasteiger partial charge in [0.2, 0.25) is 0 Å². The highest BCUT2D eigenvalue weighted by Gasteiger charge is 2.21. The number of aryl methyl sites for hydroxylation is 1. The van der Waals surface area contributed by atoms with Crippen LogP contribution in [0, 0.1) is 0 Å². The molecule has 0 saturated carbocycles. The zero-order chi connectivity index (χ0) is 33.7. The third-order valence-corrected chi connectivity index (χ3v) is 10.7. The van der Waals surface area contributed by atoms with Crippen LogP contribution in [0.2, 0.25) is 0 Å². The molecule has 1 unspecified atom stereocenters. The molecule has 2 aliphatic rings. The minimum atomic E-state index is 0.376. The van der Waals surface area contributed by atoms with Crippen LogP contribution in [-0.4, -0.2) is 15.0 Å². The fourth-order valence-corrected chi connectivity index (χ4v) is 8.09. The lowest BCUT2D eigenvalue weighted by molar-refractivity contribution is 0.669. The van der Waals surface area contributed by atoms with Gasteiger partial charge in [0.15, 0.2) is 17.5 Å². The molecule has 8 aromatic rings. The van der Waals surface area contributed by atoms with Crippen LogP contribution in [0.25, 0.3) is 72.2 Å². The van der Waals surface area contributed by atoms with Crippen LogP contribution in [-0.2, 0) is 12.8 Å². The van der Waals surface area contributed by atoms with Crippen molar-refractivity contribution in [1.82, 2.24) is 15.0 Å². The van der Waals surface area contributed by atoms with E-state index in [0.29, 0.717) is 23.4 Å². The molecule has 0 spiro atoms. The SMILES string of the molecule is C1=CC(c2cccc3c2CCCC3)CC=C1c1nc(-c2ccccc2)nc(-c2ccc3cc(-c4cccc5oc6ccccc6c45)ccc3c2)n1. The molecule has 0 N–H and O–H groups in total. The second-order valence-electron chi connectivity index (χ2n) is 13.8. The fourth-order valence-electron chi connectivity index (χ4n) is 8.09. The van der Waals surface area contributed by atoms with Gasteiger partial charge in [0, 0.05) is 33.4 Å². The molecule has 244 valence electrons. The second-order valence-corrected chi connectivity index (χ2v) is 13.8. The summed E-state index contributed by atoms with van der Waals surface area (Å²) in [6.45, 7) is 0. The van der Waals surface area contributed by atoms with Crippen molar-refractivity contribution < 1.29 is 4.42 Å². The summed E-state index contributed by atoms with van der Waals surface area (Å²) in [5.41, 5.74) is 11.7. The van der Waals surface area contributed by atoms with Gasteiger partial charge in [-0.05, 0) is 95.0 Å². The Balaban J connectivity index is 1.01. The maximum absolute atomic E-state index is 6.18. The molecule has 0 fully saturated rings. The predicted octanol–water partition coefficient (Wildman–Crippen LogP) is 11.9. The van der Waals surface area contributed by atoms with E-state index in [1.807, 2.05) is 36.4 Å². The van der Waals surface area contributed by atoms with E-state index >= 15 is 0 Å². The number of aromatic nitrogens is 3. The lowest BCUT2D eigenvalue weighted by Crippen LogP contribution is -2.10. The van der Waals surface area contributed by atoms with E-state index in [2.05, 4.69) is 109 Å². The summed E-state index contributed by atoms with van der Waals surface area (Å²) in [5, 5.41) is 4.58. The zero-order valence-corrected chi connectivity index (χ0v) is 28.2. The van der Waals surface area contributed by atoms with Crippen LogP contribution < -0.4 is 0 Å². The van der Waals surface area contributed by atoms with Crippen LogP contribution in [0.3, 0.4) is 0 Å². The lowest BCUT2D eigenvalue weighted by atomic mass is 9.81. The fraction of sp³-hybridized carbons (Fsp3) is 0.128. The maximum Gasteiger partial charge on any atom is 0.164 e. The molecule has 51 heavy (non-hydrogen) atoms. The van der Waals surface area contributed by atoms with E-state index in [0.717, 1.165) is 61.4 Å². The van der Waals surface area contributed by atoms with Crippen molar-refractivity contribution >= 4 is 38.3 Å². The van der Waals surface area contributed by atoms with Crippen molar-refractivity contribution in [2.45, 2.75) is 38.0 Å². The highest BCUT2D eigenvalue weighted by Crippen LogP contribution is 2.39.